The predicted octanol–water partition coefficient (Wildman–Crippen LogP) is 5.02. The Labute approximate surface area is 177 Å². The van der Waals surface area contributed by atoms with Crippen molar-refractivity contribution in [3.63, 3.8) is 0 Å². The molecule has 6 atom stereocenters. The monoisotopic (exact) mass is 402 g/mol. The Kier molecular flexibility index (Phi) is 6.14. The highest BCUT2D eigenvalue weighted by molar-refractivity contribution is 5.92. The van der Waals surface area contributed by atoms with Gasteiger partial charge in [-0.15, -0.1) is 0 Å². The summed E-state index contributed by atoms with van der Waals surface area (Å²) in [6.07, 6.45) is 11.6. The fourth-order valence-corrected chi connectivity index (χ4v) is 7.41. The van der Waals surface area contributed by atoms with Gasteiger partial charge in [-0.3, -0.25) is 0 Å². The lowest BCUT2D eigenvalue weighted by atomic mass is 9.48. The molecule has 1 unspecified atom stereocenters. The molecule has 4 nitrogen and oxygen atoms in total. The summed E-state index contributed by atoms with van der Waals surface area (Å²) in [5.41, 5.74) is 3.45. The first-order valence-electron chi connectivity index (χ1n) is 12.2. The van der Waals surface area contributed by atoms with Crippen LogP contribution in [0.3, 0.4) is 0 Å². The molecule has 0 bridgehead atoms. The molecule has 4 heteroatoms. The van der Waals surface area contributed by atoms with Crippen LogP contribution < -0.4 is 0 Å². The van der Waals surface area contributed by atoms with Gasteiger partial charge in [0.05, 0.1) is 11.8 Å². The summed E-state index contributed by atoms with van der Waals surface area (Å²) < 4.78 is 0. The first-order chi connectivity index (χ1) is 13.9. The van der Waals surface area contributed by atoms with E-state index in [4.69, 9.17) is 9.99 Å². The average Bonchev–Trinajstić information content (AvgIpc) is 3.05. The van der Waals surface area contributed by atoms with Gasteiger partial charge in [0.25, 0.3) is 0 Å². The number of rotatable bonds is 6. The van der Waals surface area contributed by atoms with E-state index in [0.717, 1.165) is 56.7 Å². The third kappa shape index (κ3) is 3.69. The first kappa shape index (κ1) is 21.4. The standard InChI is InChI=1S/C25H42N2O2/c1-5-27(6-2)15-16-29-26-23-10-9-21-20-8-7-18-17-19(28)11-13-24(18,3)22(20)12-14-25(21,23)4/h7,19-22,28H,5-6,8-17H2,1-4H3/b26-23+/t19?,20-,21-,22-,24-,25-/m0/s1. The third-order valence-electron chi connectivity index (χ3n) is 9.39. The smallest absolute Gasteiger partial charge is 0.129 e. The van der Waals surface area contributed by atoms with E-state index >= 15 is 0 Å². The number of oxime groups is 1. The second kappa shape index (κ2) is 8.34. The van der Waals surface area contributed by atoms with E-state index in [9.17, 15) is 5.11 Å². The van der Waals surface area contributed by atoms with E-state index in [1.165, 1.54) is 37.8 Å². The molecule has 0 aromatic rings. The van der Waals surface area contributed by atoms with Crippen molar-refractivity contribution in [3.8, 4) is 0 Å². The summed E-state index contributed by atoms with van der Waals surface area (Å²) >= 11 is 0. The fraction of sp³-hybridized carbons (Fsp3) is 0.880. The van der Waals surface area contributed by atoms with Crippen molar-refractivity contribution in [3.05, 3.63) is 11.6 Å². The van der Waals surface area contributed by atoms with Crippen molar-refractivity contribution < 1.29 is 9.94 Å². The van der Waals surface area contributed by atoms with Crippen LogP contribution in [-0.4, -0.2) is 48.1 Å². The zero-order valence-corrected chi connectivity index (χ0v) is 19.1. The van der Waals surface area contributed by atoms with E-state index < -0.39 is 0 Å². The van der Waals surface area contributed by atoms with Crippen LogP contribution in [0, 0.1) is 28.6 Å². The van der Waals surface area contributed by atoms with Crippen LogP contribution in [0.25, 0.3) is 0 Å². The minimum atomic E-state index is -0.113. The SMILES string of the molecule is CCN(CC)CCO/N=C1\CC[C@H]2[C@@H]3CC=C4CC(O)CC[C@]4(C)[C@H]3CC[C@]12C. The number of aliphatic hydroxyl groups is 1. The highest BCUT2D eigenvalue weighted by atomic mass is 16.6. The maximum Gasteiger partial charge on any atom is 0.129 e. The Bertz CT molecular complexity index is 655. The van der Waals surface area contributed by atoms with Crippen molar-refractivity contribution in [1.29, 1.82) is 0 Å². The van der Waals surface area contributed by atoms with E-state index in [0.29, 0.717) is 12.0 Å². The maximum absolute atomic E-state index is 10.2. The van der Waals surface area contributed by atoms with Gasteiger partial charge in [0.2, 0.25) is 0 Å². The lowest BCUT2D eigenvalue weighted by Gasteiger charge is -2.57. The number of aliphatic hydroxyl groups excluding tert-OH is 1. The zero-order valence-electron chi connectivity index (χ0n) is 19.1. The highest BCUT2D eigenvalue weighted by Gasteiger charge is 2.58. The highest BCUT2D eigenvalue weighted by Crippen LogP contribution is 2.64. The number of hydrogen-bond donors (Lipinski definition) is 1. The number of likely N-dealkylation sites (N-methyl/N-ethyl adjacent to an activating group) is 1. The molecule has 3 saturated carbocycles. The summed E-state index contributed by atoms with van der Waals surface area (Å²) in [4.78, 5) is 8.21. The predicted molar refractivity (Wildman–Crippen MR) is 119 cm³/mol. The van der Waals surface area contributed by atoms with E-state index in [1.54, 1.807) is 5.57 Å². The summed E-state index contributed by atoms with van der Waals surface area (Å²) in [6, 6.07) is 0. The molecule has 0 saturated heterocycles. The molecule has 4 aliphatic rings. The molecule has 0 aliphatic heterocycles. The van der Waals surface area contributed by atoms with Crippen LogP contribution in [0.5, 0.6) is 0 Å². The van der Waals surface area contributed by atoms with Crippen LogP contribution in [-0.2, 0) is 4.84 Å². The van der Waals surface area contributed by atoms with Gasteiger partial charge < -0.3 is 14.8 Å². The van der Waals surface area contributed by atoms with Crippen LogP contribution in [0.15, 0.2) is 16.8 Å². The molecule has 0 aromatic heterocycles. The van der Waals surface area contributed by atoms with Crippen LogP contribution in [0.2, 0.25) is 0 Å². The molecule has 3 fully saturated rings. The van der Waals surface area contributed by atoms with Crippen molar-refractivity contribution in [2.75, 3.05) is 26.2 Å². The van der Waals surface area contributed by atoms with Crippen molar-refractivity contribution >= 4 is 5.71 Å². The summed E-state index contributed by atoms with van der Waals surface area (Å²) in [5, 5.41) is 14.9. The fourth-order valence-electron chi connectivity index (χ4n) is 7.41. The van der Waals surface area contributed by atoms with Crippen LogP contribution >= 0.6 is 0 Å². The molecule has 0 heterocycles. The Morgan fingerprint density at radius 3 is 2.59 bits per heavy atom. The molecule has 164 valence electrons. The number of hydrogen-bond acceptors (Lipinski definition) is 4. The minimum absolute atomic E-state index is 0.113. The van der Waals surface area contributed by atoms with Gasteiger partial charge in [0.1, 0.15) is 6.61 Å². The molecule has 1 N–H and O–H groups in total. The number of nitrogens with zero attached hydrogens (tertiary/aromatic N) is 2. The third-order valence-corrected chi connectivity index (χ3v) is 9.39. The van der Waals surface area contributed by atoms with E-state index in [1.807, 2.05) is 0 Å². The Balaban J connectivity index is 1.45. The largest absolute Gasteiger partial charge is 0.394 e. The number of fused-ring (bicyclic) bond motifs is 5. The van der Waals surface area contributed by atoms with Gasteiger partial charge in [-0.2, -0.15) is 0 Å². The molecule has 0 amide bonds. The lowest BCUT2D eigenvalue weighted by molar-refractivity contribution is -0.0217. The first-order valence-corrected chi connectivity index (χ1v) is 12.2. The van der Waals surface area contributed by atoms with Gasteiger partial charge in [0.15, 0.2) is 0 Å². The molecule has 0 aromatic carbocycles. The molecule has 0 spiro atoms. The Morgan fingerprint density at radius 1 is 1.10 bits per heavy atom. The molecular weight excluding hydrogens is 360 g/mol. The maximum atomic E-state index is 10.2. The van der Waals surface area contributed by atoms with Gasteiger partial charge in [-0.25, -0.2) is 0 Å². The van der Waals surface area contributed by atoms with Gasteiger partial charge in [-0.05, 0) is 87.6 Å². The lowest BCUT2D eigenvalue weighted by Crippen LogP contribution is -2.50. The average molecular weight is 403 g/mol. The number of allylic oxidation sites excluding steroid dienone is 1. The normalized spacial score (nSPS) is 43.0. The quantitative estimate of drug-likeness (QED) is 0.385. The summed E-state index contributed by atoms with van der Waals surface area (Å²) in [6.45, 7) is 13.2. The Hall–Kier alpha value is -0.870. The minimum Gasteiger partial charge on any atom is -0.394 e. The van der Waals surface area contributed by atoms with Crippen LogP contribution in [0.4, 0.5) is 0 Å². The molecule has 4 rings (SSSR count). The zero-order chi connectivity index (χ0) is 20.6. The molecule has 0 radical (unpaired) electrons. The van der Waals surface area contributed by atoms with Crippen LogP contribution in [0.1, 0.15) is 79.1 Å². The van der Waals surface area contributed by atoms with Crippen molar-refractivity contribution in [1.82, 2.24) is 4.90 Å². The van der Waals surface area contributed by atoms with Crippen molar-refractivity contribution in [2.24, 2.45) is 33.7 Å². The molecular formula is C25H42N2O2. The van der Waals surface area contributed by atoms with Crippen molar-refractivity contribution in [2.45, 2.75) is 85.2 Å². The molecule has 29 heavy (non-hydrogen) atoms. The van der Waals surface area contributed by atoms with E-state index in [2.05, 4.69) is 38.7 Å². The van der Waals surface area contributed by atoms with E-state index in [-0.39, 0.29) is 11.5 Å². The topological polar surface area (TPSA) is 45.1 Å². The Morgan fingerprint density at radius 2 is 1.83 bits per heavy atom. The van der Waals surface area contributed by atoms with Gasteiger partial charge in [0, 0.05) is 12.0 Å². The summed E-state index contributed by atoms with van der Waals surface area (Å²) in [5.74, 6) is 2.31. The summed E-state index contributed by atoms with van der Waals surface area (Å²) in [7, 11) is 0. The molecule has 4 aliphatic carbocycles. The second-order valence-electron chi connectivity index (χ2n) is 10.5. The van der Waals surface area contributed by atoms with Gasteiger partial charge >= 0.3 is 0 Å². The van der Waals surface area contributed by atoms with Gasteiger partial charge in [-0.1, -0.05) is 44.5 Å². The second-order valence-corrected chi connectivity index (χ2v) is 10.5.